The molecule has 1 fully saturated rings. The summed E-state index contributed by atoms with van der Waals surface area (Å²) in [6.07, 6.45) is 3.76. The average molecular weight is 491 g/mol. The van der Waals surface area contributed by atoms with Gasteiger partial charge in [0.15, 0.2) is 10.8 Å². The number of benzene rings is 2. The molecule has 0 spiro atoms. The molecule has 10 heteroatoms. The van der Waals surface area contributed by atoms with Crippen molar-refractivity contribution in [2.24, 2.45) is 0 Å². The molecule has 1 saturated heterocycles. The number of para-hydroxylation sites is 2. The SMILES string of the molecule is CSc1nc(N2CCOCC2)c2cnn(CCNC(=O)c3ccccc3Oc3ccccc3)c2n1. The Balaban J connectivity index is 1.30. The van der Waals surface area contributed by atoms with Crippen LogP contribution in [0.2, 0.25) is 0 Å². The van der Waals surface area contributed by atoms with Crippen LogP contribution < -0.4 is 15.0 Å². The van der Waals surface area contributed by atoms with Crippen LogP contribution in [0.4, 0.5) is 5.82 Å². The van der Waals surface area contributed by atoms with Crippen LogP contribution in [-0.2, 0) is 11.3 Å². The van der Waals surface area contributed by atoms with Crippen LogP contribution in [-0.4, -0.2) is 64.8 Å². The number of hydrogen-bond acceptors (Lipinski definition) is 8. The van der Waals surface area contributed by atoms with Crippen LogP contribution in [0.3, 0.4) is 0 Å². The highest BCUT2D eigenvalue weighted by Gasteiger charge is 2.20. The Bertz CT molecular complexity index is 1310. The second-order valence-corrected chi connectivity index (χ2v) is 8.68. The Labute approximate surface area is 207 Å². The van der Waals surface area contributed by atoms with Crippen LogP contribution in [0.5, 0.6) is 11.5 Å². The van der Waals surface area contributed by atoms with Gasteiger partial charge in [0.25, 0.3) is 5.91 Å². The molecule has 1 N–H and O–H groups in total. The van der Waals surface area contributed by atoms with Crippen molar-refractivity contribution in [2.75, 3.05) is 44.0 Å². The minimum absolute atomic E-state index is 0.207. The first-order valence-corrected chi connectivity index (χ1v) is 12.7. The summed E-state index contributed by atoms with van der Waals surface area (Å²) in [7, 11) is 0. The molecule has 5 rings (SSSR count). The van der Waals surface area contributed by atoms with Gasteiger partial charge in [-0.15, -0.1) is 0 Å². The number of anilines is 1. The van der Waals surface area contributed by atoms with Crippen LogP contribution in [0, 0.1) is 0 Å². The largest absolute Gasteiger partial charge is 0.457 e. The van der Waals surface area contributed by atoms with E-state index < -0.39 is 0 Å². The van der Waals surface area contributed by atoms with Crippen molar-refractivity contribution in [1.82, 2.24) is 25.1 Å². The molecule has 0 aliphatic carbocycles. The van der Waals surface area contributed by atoms with E-state index in [9.17, 15) is 4.79 Å². The highest BCUT2D eigenvalue weighted by atomic mass is 32.2. The Morgan fingerprint density at radius 1 is 1.09 bits per heavy atom. The fourth-order valence-electron chi connectivity index (χ4n) is 3.92. The number of thioether (sulfide) groups is 1. The predicted molar refractivity (Wildman–Crippen MR) is 135 cm³/mol. The highest BCUT2D eigenvalue weighted by molar-refractivity contribution is 7.98. The normalized spacial score (nSPS) is 13.7. The lowest BCUT2D eigenvalue weighted by molar-refractivity contribution is 0.0949. The maximum Gasteiger partial charge on any atom is 0.255 e. The molecule has 0 atom stereocenters. The molecule has 2 aromatic heterocycles. The second-order valence-electron chi connectivity index (χ2n) is 7.91. The van der Waals surface area contributed by atoms with E-state index >= 15 is 0 Å². The first-order valence-electron chi connectivity index (χ1n) is 11.4. The maximum atomic E-state index is 12.9. The molecule has 0 radical (unpaired) electrons. The summed E-state index contributed by atoms with van der Waals surface area (Å²) in [5, 5.41) is 9.11. The van der Waals surface area contributed by atoms with Gasteiger partial charge in [-0.3, -0.25) is 4.79 Å². The highest BCUT2D eigenvalue weighted by Crippen LogP contribution is 2.27. The summed E-state index contributed by atoms with van der Waals surface area (Å²) in [5.74, 6) is 1.86. The molecular formula is C25H26N6O3S. The van der Waals surface area contributed by atoms with Gasteiger partial charge < -0.3 is 19.7 Å². The van der Waals surface area contributed by atoms with Gasteiger partial charge in [0.2, 0.25) is 0 Å². The third-order valence-electron chi connectivity index (χ3n) is 5.66. The molecule has 180 valence electrons. The standard InChI is InChI=1S/C25H26N6O3S/c1-35-25-28-22(30-13-15-33-16-14-30)20-17-27-31(23(20)29-25)12-11-26-24(32)19-9-5-6-10-21(19)34-18-7-3-2-4-8-18/h2-10,17H,11-16H2,1H3,(H,26,32). The zero-order valence-electron chi connectivity index (χ0n) is 19.4. The summed E-state index contributed by atoms with van der Waals surface area (Å²) in [4.78, 5) is 24.6. The second kappa shape index (κ2) is 10.7. The van der Waals surface area contributed by atoms with E-state index in [1.165, 1.54) is 11.8 Å². The first kappa shape index (κ1) is 23.1. The number of hydrogen-bond donors (Lipinski definition) is 1. The van der Waals surface area contributed by atoms with E-state index in [0.29, 0.717) is 48.5 Å². The minimum Gasteiger partial charge on any atom is -0.457 e. The number of ether oxygens (including phenoxy) is 2. The summed E-state index contributed by atoms with van der Waals surface area (Å²) < 4.78 is 13.2. The van der Waals surface area contributed by atoms with Crippen molar-refractivity contribution < 1.29 is 14.3 Å². The van der Waals surface area contributed by atoms with Crippen molar-refractivity contribution in [2.45, 2.75) is 11.7 Å². The van der Waals surface area contributed by atoms with Crippen LogP contribution in [0.1, 0.15) is 10.4 Å². The third kappa shape index (κ3) is 5.23. The molecule has 1 amide bonds. The summed E-state index contributed by atoms with van der Waals surface area (Å²) >= 11 is 1.50. The molecule has 1 aliphatic heterocycles. The summed E-state index contributed by atoms with van der Waals surface area (Å²) in [6.45, 7) is 3.79. The van der Waals surface area contributed by atoms with Gasteiger partial charge in [-0.2, -0.15) is 5.10 Å². The summed E-state index contributed by atoms with van der Waals surface area (Å²) in [6, 6.07) is 16.6. The van der Waals surface area contributed by atoms with E-state index in [1.54, 1.807) is 18.3 Å². The lowest BCUT2D eigenvalue weighted by Gasteiger charge is -2.28. The molecule has 0 bridgehead atoms. The quantitative estimate of drug-likeness (QED) is 0.296. The molecule has 35 heavy (non-hydrogen) atoms. The molecule has 1 aliphatic rings. The zero-order chi connectivity index (χ0) is 24.0. The van der Waals surface area contributed by atoms with E-state index in [1.807, 2.05) is 53.4 Å². The van der Waals surface area contributed by atoms with Crippen LogP contribution >= 0.6 is 11.8 Å². The van der Waals surface area contributed by atoms with Crippen molar-refractivity contribution in [1.29, 1.82) is 0 Å². The lowest BCUT2D eigenvalue weighted by Crippen LogP contribution is -2.37. The smallest absolute Gasteiger partial charge is 0.255 e. The van der Waals surface area contributed by atoms with Gasteiger partial charge >= 0.3 is 0 Å². The van der Waals surface area contributed by atoms with Gasteiger partial charge in [-0.05, 0) is 30.5 Å². The van der Waals surface area contributed by atoms with Crippen molar-refractivity contribution in [3.05, 3.63) is 66.4 Å². The van der Waals surface area contributed by atoms with Gasteiger partial charge in [0.1, 0.15) is 17.3 Å². The number of fused-ring (bicyclic) bond motifs is 1. The van der Waals surface area contributed by atoms with E-state index in [-0.39, 0.29) is 5.91 Å². The number of nitrogens with one attached hydrogen (secondary N) is 1. The monoisotopic (exact) mass is 490 g/mol. The maximum absolute atomic E-state index is 12.9. The van der Waals surface area contributed by atoms with Gasteiger partial charge in [0.05, 0.1) is 36.9 Å². The average Bonchev–Trinajstić information content (AvgIpc) is 3.32. The molecular weight excluding hydrogens is 464 g/mol. The Morgan fingerprint density at radius 3 is 2.66 bits per heavy atom. The third-order valence-corrected chi connectivity index (χ3v) is 6.21. The topological polar surface area (TPSA) is 94.4 Å². The number of carbonyl (C=O) groups excluding carboxylic acids is 1. The fraction of sp³-hybridized carbons (Fsp3) is 0.280. The van der Waals surface area contributed by atoms with Crippen LogP contribution in [0.15, 0.2) is 66.0 Å². The number of amides is 1. The predicted octanol–water partition coefficient (Wildman–Crippen LogP) is 3.61. The van der Waals surface area contributed by atoms with E-state index in [4.69, 9.17) is 14.5 Å². The Morgan fingerprint density at radius 2 is 1.86 bits per heavy atom. The van der Waals surface area contributed by atoms with Crippen molar-refractivity contribution in [3.63, 3.8) is 0 Å². The molecule has 0 saturated carbocycles. The zero-order valence-corrected chi connectivity index (χ0v) is 20.2. The minimum atomic E-state index is -0.207. The molecule has 4 aromatic rings. The lowest BCUT2D eigenvalue weighted by atomic mass is 10.2. The number of nitrogens with zero attached hydrogens (tertiary/aromatic N) is 5. The van der Waals surface area contributed by atoms with Crippen LogP contribution in [0.25, 0.3) is 11.0 Å². The molecule has 0 unspecified atom stereocenters. The summed E-state index contributed by atoms with van der Waals surface area (Å²) in [5.41, 5.74) is 1.23. The van der Waals surface area contributed by atoms with E-state index in [2.05, 4.69) is 20.3 Å². The number of aromatic nitrogens is 4. The van der Waals surface area contributed by atoms with Crippen molar-refractivity contribution in [3.8, 4) is 11.5 Å². The Hall–Kier alpha value is -3.63. The Kier molecular flexibility index (Phi) is 7.10. The van der Waals surface area contributed by atoms with Gasteiger partial charge in [-0.1, -0.05) is 42.1 Å². The first-order chi connectivity index (χ1) is 17.2. The fourth-order valence-corrected chi connectivity index (χ4v) is 4.28. The molecule has 3 heterocycles. The van der Waals surface area contributed by atoms with Crippen molar-refractivity contribution >= 4 is 34.5 Å². The number of carbonyl (C=O) groups is 1. The van der Waals surface area contributed by atoms with Gasteiger partial charge in [-0.25, -0.2) is 14.6 Å². The van der Waals surface area contributed by atoms with E-state index in [0.717, 1.165) is 29.9 Å². The molecule has 9 nitrogen and oxygen atoms in total. The number of morpholine rings is 1. The number of rotatable bonds is 8. The van der Waals surface area contributed by atoms with Gasteiger partial charge in [0, 0.05) is 19.6 Å². The molecule has 2 aromatic carbocycles.